The van der Waals surface area contributed by atoms with Crippen molar-refractivity contribution in [2.24, 2.45) is 11.7 Å². The number of fused-ring (bicyclic) bond motifs is 3. The summed E-state index contributed by atoms with van der Waals surface area (Å²) in [6.07, 6.45) is 2.31. The fraction of sp³-hybridized carbons (Fsp3) is 0.533. The highest BCUT2D eigenvalue weighted by atomic mass is 16.5. The van der Waals surface area contributed by atoms with Gasteiger partial charge in [0.05, 0.1) is 0 Å². The molecule has 0 saturated carbocycles. The first-order valence-corrected chi connectivity index (χ1v) is 6.97. The summed E-state index contributed by atoms with van der Waals surface area (Å²) in [6.45, 7) is 3.16. The SMILES string of the molecule is NC(C(=O)OC1CN2CCC1CC2)c1ccccc1. The molecule has 4 rings (SSSR count). The quantitative estimate of drug-likeness (QED) is 0.833. The summed E-state index contributed by atoms with van der Waals surface area (Å²) < 4.78 is 5.64. The molecule has 19 heavy (non-hydrogen) atoms. The Labute approximate surface area is 113 Å². The molecule has 3 heterocycles. The molecule has 0 spiro atoms. The van der Waals surface area contributed by atoms with Gasteiger partial charge in [-0.25, -0.2) is 4.79 Å². The fourth-order valence-corrected chi connectivity index (χ4v) is 3.06. The summed E-state index contributed by atoms with van der Waals surface area (Å²) in [5.74, 6) is 0.224. The molecule has 2 atom stereocenters. The first-order valence-electron chi connectivity index (χ1n) is 6.97. The van der Waals surface area contributed by atoms with Gasteiger partial charge in [-0.05, 0) is 37.4 Å². The van der Waals surface area contributed by atoms with Crippen LogP contribution >= 0.6 is 0 Å². The van der Waals surface area contributed by atoms with Gasteiger partial charge in [0, 0.05) is 6.54 Å². The number of benzene rings is 1. The molecule has 4 nitrogen and oxygen atoms in total. The molecule has 0 radical (unpaired) electrons. The van der Waals surface area contributed by atoms with Crippen molar-refractivity contribution in [2.75, 3.05) is 19.6 Å². The van der Waals surface area contributed by atoms with E-state index in [1.807, 2.05) is 30.3 Å². The van der Waals surface area contributed by atoms with Gasteiger partial charge >= 0.3 is 5.97 Å². The lowest BCUT2D eigenvalue weighted by Gasteiger charge is -2.44. The Morgan fingerprint density at radius 3 is 2.53 bits per heavy atom. The highest BCUT2D eigenvalue weighted by Crippen LogP contribution is 2.30. The van der Waals surface area contributed by atoms with E-state index in [2.05, 4.69) is 4.90 Å². The Kier molecular flexibility index (Phi) is 3.53. The first-order chi connectivity index (χ1) is 9.24. The third kappa shape index (κ3) is 2.65. The molecule has 2 bridgehead atoms. The van der Waals surface area contributed by atoms with Crippen LogP contribution in [0.25, 0.3) is 0 Å². The molecule has 4 heteroatoms. The number of carbonyl (C=O) groups excluding carboxylic acids is 1. The Bertz CT molecular complexity index is 441. The van der Waals surface area contributed by atoms with Crippen molar-refractivity contribution in [1.82, 2.24) is 4.90 Å². The van der Waals surface area contributed by atoms with Crippen LogP contribution in [0.5, 0.6) is 0 Å². The third-order valence-corrected chi connectivity index (χ3v) is 4.28. The maximum Gasteiger partial charge on any atom is 0.327 e. The summed E-state index contributed by atoms with van der Waals surface area (Å²) in [5.41, 5.74) is 6.78. The lowest BCUT2D eigenvalue weighted by molar-refractivity contribution is -0.160. The van der Waals surface area contributed by atoms with E-state index in [-0.39, 0.29) is 12.1 Å². The summed E-state index contributed by atoms with van der Waals surface area (Å²) >= 11 is 0. The van der Waals surface area contributed by atoms with E-state index in [1.165, 1.54) is 0 Å². The van der Waals surface area contributed by atoms with E-state index < -0.39 is 6.04 Å². The Morgan fingerprint density at radius 1 is 1.26 bits per heavy atom. The van der Waals surface area contributed by atoms with E-state index >= 15 is 0 Å². The Balaban J connectivity index is 1.62. The molecule has 3 aliphatic heterocycles. The van der Waals surface area contributed by atoms with Crippen LogP contribution in [0.1, 0.15) is 24.4 Å². The van der Waals surface area contributed by atoms with Gasteiger partial charge in [0.15, 0.2) is 0 Å². The van der Waals surface area contributed by atoms with Crippen molar-refractivity contribution in [3.05, 3.63) is 35.9 Å². The zero-order valence-electron chi connectivity index (χ0n) is 11.0. The van der Waals surface area contributed by atoms with Crippen LogP contribution in [-0.2, 0) is 9.53 Å². The van der Waals surface area contributed by atoms with Gasteiger partial charge in [-0.15, -0.1) is 0 Å². The predicted octanol–water partition coefficient (Wildman–Crippen LogP) is 1.32. The number of carbonyl (C=O) groups is 1. The molecule has 2 unspecified atom stereocenters. The molecule has 3 aliphatic rings. The molecule has 0 aliphatic carbocycles. The Hall–Kier alpha value is -1.39. The normalized spacial score (nSPS) is 30.9. The number of hydrogen-bond acceptors (Lipinski definition) is 4. The van der Waals surface area contributed by atoms with Crippen LogP contribution in [0.4, 0.5) is 0 Å². The van der Waals surface area contributed by atoms with Gasteiger partial charge in [0.25, 0.3) is 0 Å². The minimum atomic E-state index is -0.670. The van der Waals surface area contributed by atoms with Crippen molar-refractivity contribution in [3.63, 3.8) is 0 Å². The van der Waals surface area contributed by atoms with Gasteiger partial charge < -0.3 is 10.5 Å². The van der Waals surface area contributed by atoms with Crippen molar-refractivity contribution >= 4 is 5.97 Å². The minimum Gasteiger partial charge on any atom is -0.459 e. The monoisotopic (exact) mass is 260 g/mol. The van der Waals surface area contributed by atoms with Gasteiger partial charge in [-0.2, -0.15) is 0 Å². The number of rotatable bonds is 3. The second kappa shape index (κ2) is 5.31. The van der Waals surface area contributed by atoms with Crippen LogP contribution in [0.15, 0.2) is 30.3 Å². The minimum absolute atomic E-state index is 0.0322. The number of nitrogens with zero attached hydrogens (tertiary/aromatic N) is 1. The van der Waals surface area contributed by atoms with E-state index in [0.29, 0.717) is 5.92 Å². The highest BCUT2D eigenvalue weighted by molar-refractivity contribution is 5.77. The maximum absolute atomic E-state index is 12.1. The summed E-state index contributed by atoms with van der Waals surface area (Å²) in [6, 6.07) is 8.74. The second-order valence-corrected chi connectivity index (χ2v) is 5.50. The molecule has 0 aromatic heterocycles. The maximum atomic E-state index is 12.1. The smallest absolute Gasteiger partial charge is 0.327 e. The Morgan fingerprint density at radius 2 is 1.95 bits per heavy atom. The van der Waals surface area contributed by atoms with E-state index in [4.69, 9.17) is 10.5 Å². The number of nitrogens with two attached hydrogens (primary N) is 1. The lowest BCUT2D eigenvalue weighted by atomic mass is 9.86. The standard InChI is InChI=1S/C15H20N2O2/c16-14(12-4-2-1-3-5-12)15(18)19-13-10-17-8-6-11(13)7-9-17/h1-5,11,13-14H,6-10,16H2. The van der Waals surface area contributed by atoms with Gasteiger partial charge in [0.1, 0.15) is 12.1 Å². The van der Waals surface area contributed by atoms with Crippen LogP contribution in [0, 0.1) is 5.92 Å². The van der Waals surface area contributed by atoms with Crippen molar-refractivity contribution in [2.45, 2.75) is 25.0 Å². The van der Waals surface area contributed by atoms with Gasteiger partial charge in [0.2, 0.25) is 0 Å². The molecule has 102 valence electrons. The van der Waals surface area contributed by atoms with Crippen LogP contribution < -0.4 is 5.73 Å². The highest BCUT2D eigenvalue weighted by Gasteiger charge is 2.37. The molecule has 1 aromatic carbocycles. The first kappa shape index (κ1) is 12.6. The molecule has 2 N–H and O–H groups in total. The molecule has 0 amide bonds. The summed E-state index contributed by atoms with van der Waals surface area (Å²) in [4.78, 5) is 14.5. The fourth-order valence-electron chi connectivity index (χ4n) is 3.06. The average molecular weight is 260 g/mol. The zero-order valence-corrected chi connectivity index (χ0v) is 11.0. The number of piperidine rings is 3. The number of hydrogen-bond donors (Lipinski definition) is 1. The molecule has 3 saturated heterocycles. The van der Waals surface area contributed by atoms with Crippen LogP contribution in [0.3, 0.4) is 0 Å². The number of esters is 1. The topological polar surface area (TPSA) is 55.6 Å². The van der Waals surface area contributed by atoms with Crippen molar-refractivity contribution < 1.29 is 9.53 Å². The molecule has 1 aromatic rings. The van der Waals surface area contributed by atoms with E-state index in [1.54, 1.807) is 0 Å². The summed E-state index contributed by atoms with van der Waals surface area (Å²) in [7, 11) is 0. The van der Waals surface area contributed by atoms with Crippen molar-refractivity contribution in [3.8, 4) is 0 Å². The van der Waals surface area contributed by atoms with Crippen LogP contribution in [0.2, 0.25) is 0 Å². The van der Waals surface area contributed by atoms with E-state index in [0.717, 1.165) is 38.0 Å². The molecular formula is C15H20N2O2. The lowest BCUT2D eigenvalue weighted by Crippen LogP contribution is -2.52. The predicted molar refractivity (Wildman–Crippen MR) is 72.4 cm³/mol. The molecular weight excluding hydrogens is 240 g/mol. The van der Waals surface area contributed by atoms with Crippen LogP contribution in [-0.4, -0.2) is 36.6 Å². The van der Waals surface area contributed by atoms with Gasteiger partial charge in [-0.1, -0.05) is 30.3 Å². The van der Waals surface area contributed by atoms with Crippen molar-refractivity contribution in [1.29, 1.82) is 0 Å². The summed E-state index contributed by atoms with van der Waals surface area (Å²) in [5, 5.41) is 0. The zero-order chi connectivity index (χ0) is 13.2. The second-order valence-electron chi connectivity index (χ2n) is 5.50. The van der Waals surface area contributed by atoms with E-state index in [9.17, 15) is 4.79 Å². The van der Waals surface area contributed by atoms with Gasteiger partial charge in [-0.3, -0.25) is 4.90 Å². The number of ether oxygens (including phenoxy) is 1. The molecule has 3 fully saturated rings. The third-order valence-electron chi connectivity index (χ3n) is 4.28. The largest absolute Gasteiger partial charge is 0.459 e. The average Bonchev–Trinajstić information content (AvgIpc) is 2.48.